The molecule has 1 aromatic heterocycles. The second-order valence-corrected chi connectivity index (χ2v) is 4.96. The highest BCUT2D eigenvalue weighted by Gasteiger charge is 2.33. The summed E-state index contributed by atoms with van der Waals surface area (Å²) < 4.78 is 37.1. The second-order valence-electron chi connectivity index (χ2n) is 4.96. The third-order valence-corrected chi connectivity index (χ3v) is 2.94. The number of nitrogens with one attached hydrogen (secondary N) is 2. The van der Waals surface area contributed by atoms with Gasteiger partial charge in [0.15, 0.2) is 0 Å². The molecule has 3 N–H and O–H groups in total. The van der Waals surface area contributed by atoms with Gasteiger partial charge in [0.1, 0.15) is 11.3 Å². The van der Waals surface area contributed by atoms with Gasteiger partial charge in [0.05, 0.1) is 11.6 Å². The number of carbonyl (C=O) groups excluding carboxylic acids is 1. The summed E-state index contributed by atoms with van der Waals surface area (Å²) in [4.78, 5) is 24.9. The summed E-state index contributed by atoms with van der Waals surface area (Å²) in [5.41, 5.74) is -3.84. The Labute approximate surface area is 112 Å². The Balaban J connectivity index is 3.05. The SMILES string of the molecule is CC(O)C(C)(C)NC(=O)c1ccc(C(F)(F)F)[nH]c1=O. The molecule has 0 aliphatic carbocycles. The van der Waals surface area contributed by atoms with Crippen LogP contribution in [0.3, 0.4) is 0 Å². The van der Waals surface area contributed by atoms with Gasteiger partial charge in [0.2, 0.25) is 0 Å². The zero-order chi connectivity index (χ0) is 15.7. The Bertz CT molecular complexity index is 562. The van der Waals surface area contributed by atoms with E-state index in [2.05, 4.69) is 5.32 Å². The van der Waals surface area contributed by atoms with E-state index in [1.807, 2.05) is 0 Å². The lowest BCUT2D eigenvalue weighted by Gasteiger charge is -2.29. The Kier molecular flexibility index (Phi) is 4.28. The van der Waals surface area contributed by atoms with Gasteiger partial charge in [-0.3, -0.25) is 9.59 Å². The molecule has 0 saturated carbocycles. The molecule has 0 aliphatic heterocycles. The van der Waals surface area contributed by atoms with Crippen molar-refractivity contribution in [2.24, 2.45) is 0 Å². The van der Waals surface area contributed by atoms with E-state index in [4.69, 9.17) is 0 Å². The Hall–Kier alpha value is -1.83. The molecule has 8 heteroatoms. The van der Waals surface area contributed by atoms with Gasteiger partial charge in [0, 0.05) is 0 Å². The average molecular weight is 292 g/mol. The molecule has 1 atom stereocenters. The molecule has 0 aliphatic rings. The molecule has 112 valence electrons. The van der Waals surface area contributed by atoms with Crippen LogP contribution in [-0.4, -0.2) is 27.6 Å². The first-order valence-electron chi connectivity index (χ1n) is 5.76. The number of aliphatic hydroxyl groups excluding tert-OH is 1. The normalized spacial score (nSPS) is 13.9. The van der Waals surface area contributed by atoms with E-state index in [-0.39, 0.29) is 0 Å². The average Bonchev–Trinajstić information content (AvgIpc) is 2.26. The van der Waals surface area contributed by atoms with Crippen LogP contribution in [0.4, 0.5) is 13.2 Å². The first-order valence-corrected chi connectivity index (χ1v) is 5.76. The first kappa shape index (κ1) is 16.2. The number of hydrogen-bond acceptors (Lipinski definition) is 3. The van der Waals surface area contributed by atoms with E-state index < -0.39 is 40.5 Å². The summed E-state index contributed by atoms with van der Waals surface area (Å²) >= 11 is 0. The number of rotatable bonds is 3. The number of amides is 1. The van der Waals surface area contributed by atoms with Crippen molar-refractivity contribution in [1.29, 1.82) is 0 Å². The molecule has 0 saturated heterocycles. The summed E-state index contributed by atoms with van der Waals surface area (Å²) in [6, 6.07) is 1.42. The van der Waals surface area contributed by atoms with Crippen molar-refractivity contribution in [3.63, 3.8) is 0 Å². The van der Waals surface area contributed by atoms with Gasteiger partial charge in [-0.25, -0.2) is 0 Å². The standard InChI is InChI=1S/C12H15F3N2O3/c1-6(18)11(2,3)17-10(20)7-4-5-8(12(13,14)15)16-9(7)19/h4-6,18H,1-3H3,(H,16,19)(H,17,20). The smallest absolute Gasteiger partial charge is 0.391 e. The van der Waals surface area contributed by atoms with Gasteiger partial charge >= 0.3 is 6.18 Å². The van der Waals surface area contributed by atoms with E-state index in [9.17, 15) is 27.9 Å². The molecule has 1 amide bonds. The minimum Gasteiger partial charge on any atom is -0.391 e. The maximum atomic E-state index is 12.4. The molecule has 20 heavy (non-hydrogen) atoms. The van der Waals surface area contributed by atoms with Gasteiger partial charge in [-0.05, 0) is 32.9 Å². The van der Waals surface area contributed by atoms with Crippen LogP contribution in [0.25, 0.3) is 0 Å². The highest BCUT2D eigenvalue weighted by atomic mass is 19.4. The van der Waals surface area contributed by atoms with Gasteiger partial charge < -0.3 is 15.4 Å². The van der Waals surface area contributed by atoms with Crippen molar-refractivity contribution in [3.8, 4) is 0 Å². The molecule has 1 aromatic rings. The quantitative estimate of drug-likeness (QED) is 0.785. The molecular weight excluding hydrogens is 277 g/mol. The lowest BCUT2D eigenvalue weighted by atomic mass is 9.98. The predicted octanol–water partition coefficient (Wildman–Crippen LogP) is 1.28. The fourth-order valence-electron chi connectivity index (χ4n) is 1.28. The first-order chi connectivity index (χ1) is 8.95. The summed E-state index contributed by atoms with van der Waals surface area (Å²) in [6.07, 6.45) is -5.59. The van der Waals surface area contributed by atoms with Crippen molar-refractivity contribution < 1.29 is 23.1 Å². The van der Waals surface area contributed by atoms with Crippen molar-refractivity contribution in [2.75, 3.05) is 0 Å². The monoisotopic (exact) mass is 292 g/mol. The van der Waals surface area contributed by atoms with E-state index >= 15 is 0 Å². The largest absolute Gasteiger partial charge is 0.431 e. The predicted molar refractivity (Wildman–Crippen MR) is 65.3 cm³/mol. The van der Waals surface area contributed by atoms with E-state index in [0.717, 1.165) is 6.07 Å². The van der Waals surface area contributed by atoms with Crippen LogP contribution in [0, 0.1) is 0 Å². The van der Waals surface area contributed by atoms with Gasteiger partial charge in [-0.1, -0.05) is 0 Å². The van der Waals surface area contributed by atoms with Crippen LogP contribution in [0.2, 0.25) is 0 Å². The van der Waals surface area contributed by atoms with Gasteiger partial charge in [-0.2, -0.15) is 13.2 Å². The summed E-state index contributed by atoms with van der Waals surface area (Å²) in [5, 5.41) is 11.8. The molecular formula is C12H15F3N2O3. The Morgan fingerprint density at radius 3 is 2.30 bits per heavy atom. The number of pyridine rings is 1. The van der Waals surface area contributed by atoms with Gasteiger partial charge in [-0.15, -0.1) is 0 Å². The molecule has 0 bridgehead atoms. The van der Waals surface area contributed by atoms with E-state index in [1.54, 1.807) is 4.98 Å². The van der Waals surface area contributed by atoms with Crippen molar-refractivity contribution in [2.45, 2.75) is 38.6 Å². The number of hydrogen-bond donors (Lipinski definition) is 3. The van der Waals surface area contributed by atoms with E-state index in [1.165, 1.54) is 20.8 Å². The van der Waals surface area contributed by atoms with Crippen molar-refractivity contribution >= 4 is 5.91 Å². The maximum Gasteiger partial charge on any atom is 0.431 e. The topological polar surface area (TPSA) is 82.2 Å². The zero-order valence-electron chi connectivity index (χ0n) is 11.1. The molecule has 0 fully saturated rings. The fourth-order valence-corrected chi connectivity index (χ4v) is 1.28. The van der Waals surface area contributed by atoms with Crippen molar-refractivity contribution in [3.05, 3.63) is 33.7 Å². The minimum atomic E-state index is -4.69. The molecule has 0 radical (unpaired) electrons. The van der Waals surface area contributed by atoms with Crippen LogP contribution in [-0.2, 0) is 6.18 Å². The highest BCUT2D eigenvalue weighted by Crippen LogP contribution is 2.26. The number of carbonyl (C=O) groups is 1. The third-order valence-electron chi connectivity index (χ3n) is 2.94. The number of aromatic amines is 1. The maximum absolute atomic E-state index is 12.4. The third kappa shape index (κ3) is 3.60. The highest BCUT2D eigenvalue weighted by molar-refractivity contribution is 5.94. The zero-order valence-corrected chi connectivity index (χ0v) is 11.1. The van der Waals surface area contributed by atoms with Crippen LogP contribution < -0.4 is 10.9 Å². The summed E-state index contributed by atoms with van der Waals surface area (Å²) in [5.74, 6) is -0.856. The van der Waals surface area contributed by atoms with Gasteiger partial charge in [0.25, 0.3) is 11.5 Å². The lowest BCUT2D eigenvalue weighted by Crippen LogP contribution is -2.51. The van der Waals surface area contributed by atoms with Crippen LogP contribution in [0.15, 0.2) is 16.9 Å². The van der Waals surface area contributed by atoms with Crippen LogP contribution in [0.5, 0.6) is 0 Å². The lowest BCUT2D eigenvalue weighted by molar-refractivity contribution is -0.141. The molecule has 0 spiro atoms. The number of halogens is 3. The second kappa shape index (κ2) is 5.28. The van der Waals surface area contributed by atoms with Crippen LogP contribution in [0.1, 0.15) is 36.8 Å². The number of aromatic nitrogens is 1. The van der Waals surface area contributed by atoms with E-state index in [0.29, 0.717) is 6.07 Å². The Morgan fingerprint density at radius 2 is 1.90 bits per heavy atom. The summed E-state index contributed by atoms with van der Waals surface area (Å²) in [6.45, 7) is 4.49. The molecule has 0 aromatic carbocycles. The molecule has 1 unspecified atom stereocenters. The molecule has 5 nitrogen and oxygen atoms in total. The number of H-pyrrole nitrogens is 1. The number of aliphatic hydroxyl groups is 1. The van der Waals surface area contributed by atoms with Crippen LogP contribution >= 0.6 is 0 Å². The minimum absolute atomic E-state index is 0.452. The number of alkyl halides is 3. The molecule has 1 heterocycles. The Morgan fingerprint density at radius 1 is 1.35 bits per heavy atom. The van der Waals surface area contributed by atoms with Crippen molar-refractivity contribution in [1.82, 2.24) is 10.3 Å². The summed E-state index contributed by atoms with van der Waals surface area (Å²) in [7, 11) is 0. The fraction of sp³-hybridized carbons (Fsp3) is 0.500. The molecule has 1 rings (SSSR count).